The van der Waals surface area contributed by atoms with E-state index in [2.05, 4.69) is 0 Å². The van der Waals surface area contributed by atoms with Crippen LogP contribution in [-0.4, -0.2) is 7.11 Å². The molecule has 0 heterocycles. The molecule has 2 nitrogen and oxygen atoms in total. The number of hydrogen-bond acceptors (Lipinski definition) is 3. The van der Waals surface area contributed by atoms with Crippen molar-refractivity contribution in [3.8, 4) is 5.75 Å². The third kappa shape index (κ3) is 3.41. The van der Waals surface area contributed by atoms with Crippen LogP contribution in [0.25, 0.3) is 0 Å². The second-order valence-electron chi connectivity index (χ2n) is 4.27. The number of aryl methyl sites for hydroxylation is 1. The van der Waals surface area contributed by atoms with Crippen molar-refractivity contribution in [2.75, 3.05) is 12.8 Å². The molecule has 0 radical (unpaired) electrons. The summed E-state index contributed by atoms with van der Waals surface area (Å²) in [7, 11) is 1.53. The van der Waals surface area contributed by atoms with Gasteiger partial charge in [-0.3, -0.25) is 0 Å². The van der Waals surface area contributed by atoms with E-state index in [0.29, 0.717) is 17.1 Å². The number of rotatable bonds is 4. The largest absolute Gasteiger partial charge is 0.497 e. The molecule has 100 valence electrons. The Hall–Kier alpha value is -1.68. The van der Waals surface area contributed by atoms with Crippen molar-refractivity contribution in [1.29, 1.82) is 0 Å². The summed E-state index contributed by atoms with van der Waals surface area (Å²) < 4.78 is 18.8. The summed E-state index contributed by atoms with van der Waals surface area (Å²) >= 11 is 1.58. The maximum absolute atomic E-state index is 13.8. The lowest BCUT2D eigenvalue weighted by Gasteiger charge is -2.08. The van der Waals surface area contributed by atoms with Crippen molar-refractivity contribution in [3.63, 3.8) is 0 Å². The van der Waals surface area contributed by atoms with Gasteiger partial charge in [0.1, 0.15) is 11.6 Å². The molecule has 0 saturated heterocycles. The number of nitrogens with two attached hydrogens (primary N) is 1. The summed E-state index contributed by atoms with van der Waals surface area (Å²) in [6.07, 6.45) is 0. The van der Waals surface area contributed by atoms with Crippen molar-refractivity contribution >= 4 is 17.4 Å². The van der Waals surface area contributed by atoms with Crippen molar-refractivity contribution in [2.24, 2.45) is 0 Å². The van der Waals surface area contributed by atoms with Gasteiger partial charge in [-0.25, -0.2) is 4.39 Å². The van der Waals surface area contributed by atoms with Gasteiger partial charge in [0.05, 0.1) is 7.11 Å². The summed E-state index contributed by atoms with van der Waals surface area (Å²) in [5.41, 5.74) is 8.29. The zero-order valence-electron chi connectivity index (χ0n) is 10.9. The third-order valence-corrected chi connectivity index (χ3v) is 4.06. The van der Waals surface area contributed by atoms with Crippen LogP contribution in [0, 0.1) is 12.7 Å². The quantitative estimate of drug-likeness (QED) is 0.677. The predicted octanol–water partition coefficient (Wildman–Crippen LogP) is 4.02. The number of ether oxygens (including phenoxy) is 1. The second-order valence-corrected chi connectivity index (χ2v) is 5.29. The van der Waals surface area contributed by atoms with Gasteiger partial charge >= 0.3 is 0 Å². The standard InChI is InChI=1S/C15H16FNOS/c1-10-3-5-12(17)7-15(10)19-9-11-4-6-13(18-2)8-14(11)16/h3-8H,9,17H2,1-2H3. The van der Waals surface area contributed by atoms with E-state index in [9.17, 15) is 4.39 Å². The summed E-state index contributed by atoms with van der Waals surface area (Å²) in [5.74, 6) is 0.861. The highest BCUT2D eigenvalue weighted by Crippen LogP contribution is 2.29. The monoisotopic (exact) mass is 277 g/mol. The van der Waals surface area contributed by atoms with Gasteiger partial charge in [-0.15, -0.1) is 11.8 Å². The number of thioether (sulfide) groups is 1. The Morgan fingerprint density at radius 2 is 2.00 bits per heavy atom. The maximum Gasteiger partial charge on any atom is 0.130 e. The Labute approximate surface area is 116 Å². The highest BCUT2D eigenvalue weighted by atomic mass is 32.2. The van der Waals surface area contributed by atoms with E-state index in [-0.39, 0.29) is 5.82 Å². The highest BCUT2D eigenvalue weighted by Gasteiger charge is 2.06. The average molecular weight is 277 g/mol. The van der Waals surface area contributed by atoms with Gasteiger partial charge < -0.3 is 10.5 Å². The molecule has 0 fully saturated rings. The molecule has 0 amide bonds. The van der Waals surface area contributed by atoms with Gasteiger partial charge in [-0.1, -0.05) is 12.1 Å². The first-order valence-corrected chi connectivity index (χ1v) is 6.90. The normalized spacial score (nSPS) is 10.5. The molecule has 0 aromatic heterocycles. The molecule has 0 saturated carbocycles. The first-order valence-electron chi connectivity index (χ1n) is 5.91. The number of benzene rings is 2. The van der Waals surface area contributed by atoms with Crippen molar-refractivity contribution < 1.29 is 9.13 Å². The van der Waals surface area contributed by atoms with Crippen molar-refractivity contribution in [1.82, 2.24) is 0 Å². The number of halogens is 1. The molecule has 0 aliphatic heterocycles. The molecule has 0 bridgehead atoms. The Kier molecular flexibility index (Phi) is 4.32. The first-order chi connectivity index (χ1) is 9.10. The van der Waals surface area contributed by atoms with Gasteiger partial charge in [-0.2, -0.15) is 0 Å². The molecule has 0 aliphatic carbocycles. The maximum atomic E-state index is 13.8. The van der Waals surface area contributed by atoms with E-state index in [0.717, 1.165) is 16.1 Å². The van der Waals surface area contributed by atoms with Crippen LogP contribution < -0.4 is 10.5 Å². The molecule has 19 heavy (non-hydrogen) atoms. The van der Waals surface area contributed by atoms with E-state index in [1.807, 2.05) is 25.1 Å². The van der Waals surface area contributed by atoms with Gasteiger partial charge in [0.2, 0.25) is 0 Å². The summed E-state index contributed by atoms with van der Waals surface area (Å²) in [6, 6.07) is 10.7. The topological polar surface area (TPSA) is 35.2 Å². The zero-order chi connectivity index (χ0) is 13.8. The van der Waals surface area contributed by atoms with Gasteiger partial charge in [0.15, 0.2) is 0 Å². The van der Waals surface area contributed by atoms with Gasteiger partial charge in [-0.05, 0) is 36.2 Å². The molecular weight excluding hydrogens is 261 g/mol. The molecule has 4 heteroatoms. The first kappa shape index (κ1) is 13.7. The van der Waals surface area contributed by atoms with E-state index >= 15 is 0 Å². The van der Waals surface area contributed by atoms with Crippen LogP contribution in [0.15, 0.2) is 41.3 Å². The second kappa shape index (κ2) is 5.97. The van der Waals surface area contributed by atoms with Crippen LogP contribution in [-0.2, 0) is 5.75 Å². The molecule has 2 rings (SSSR count). The third-order valence-electron chi connectivity index (χ3n) is 2.86. The van der Waals surface area contributed by atoms with Gasteiger partial charge in [0.25, 0.3) is 0 Å². The lowest BCUT2D eigenvalue weighted by atomic mass is 10.2. The van der Waals surface area contributed by atoms with E-state index in [4.69, 9.17) is 10.5 Å². The smallest absolute Gasteiger partial charge is 0.130 e. The van der Waals surface area contributed by atoms with E-state index in [1.165, 1.54) is 13.2 Å². The van der Waals surface area contributed by atoms with E-state index in [1.54, 1.807) is 23.9 Å². The van der Waals surface area contributed by atoms with Crippen LogP contribution in [0.5, 0.6) is 5.75 Å². The van der Waals surface area contributed by atoms with Crippen LogP contribution >= 0.6 is 11.8 Å². The fraction of sp³-hybridized carbons (Fsp3) is 0.200. The van der Waals surface area contributed by atoms with Crippen LogP contribution in [0.4, 0.5) is 10.1 Å². The van der Waals surface area contributed by atoms with Crippen LogP contribution in [0.3, 0.4) is 0 Å². The average Bonchev–Trinajstić information content (AvgIpc) is 2.40. The lowest BCUT2D eigenvalue weighted by molar-refractivity contribution is 0.411. The summed E-state index contributed by atoms with van der Waals surface area (Å²) in [6.45, 7) is 2.02. The van der Waals surface area contributed by atoms with Crippen molar-refractivity contribution in [3.05, 3.63) is 53.3 Å². The molecular formula is C15H16FNOS. The molecule has 0 atom stereocenters. The molecule has 2 aromatic carbocycles. The number of hydrogen-bond donors (Lipinski definition) is 1. The number of nitrogen functional groups attached to an aromatic ring is 1. The SMILES string of the molecule is COc1ccc(CSc2cc(N)ccc2C)c(F)c1. The molecule has 2 N–H and O–H groups in total. The number of methoxy groups -OCH3 is 1. The Morgan fingerprint density at radius 1 is 1.21 bits per heavy atom. The fourth-order valence-corrected chi connectivity index (χ4v) is 2.76. The van der Waals surface area contributed by atoms with Crippen LogP contribution in [0.2, 0.25) is 0 Å². The highest BCUT2D eigenvalue weighted by molar-refractivity contribution is 7.98. The minimum atomic E-state index is -0.242. The molecule has 0 unspecified atom stereocenters. The Balaban J connectivity index is 2.12. The molecule has 0 spiro atoms. The summed E-state index contributed by atoms with van der Waals surface area (Å²) in [5, 5.41) is 0. The Morgan fingerprint density at radius 3 is 2.68 bits per heavy atom. The fourth-order valence-electron chi connectivity index (χ4n) is 1.70. The number of anilines is 1. The van der Waals surface area contributed by atoms with Crippen molar-refractivity contribution in [2.45, 2.75) is 17.6 Å². The predicted molar refractivity (Wildman–Crippen MR) is 78.1 cm³/mol. The Bertz CT molecular complexity index is 586. The molecule has 0 aliphatic rings. The van der Waals surface area contributed by atoms with E-state index < -0.39 is 0 Å². The van der Waals surface area contributed by atoms with Gasteiger partial charge in [0, 0.05) is 22.4 Å². The molecule has 2 aromatic rings. The lowest BCUT2D eigenvalue weighted by Crippen LogP contribution is -1.92. The zero-order valence-corrected chi connectivity index (χ0v) is 11.8. The summed E-state index contributed by atoms with van der Waals surface area (Å²) in [4.78, 5) is 1.08. The minimum Gasteiger partial charge on any atom is -0.497 e. The van der Waals surface area contributed by atoms with Crippen LogP contribution in [0.1, 0.15) is 11.1 Å². The minimum absolute atomic E-state index is 0.242.